The predicted molar refractivity (Wildman–Crippen MR) is 100.0 cm³/mol. The van der Waals surface area contributed by atoms with Gasteiger partial charge in [0.25, 0.3) is 0 Å². The lowest BCUT2D eigenvalue weighted by atomic mass is 9.98. The molecule has 0 aliphatic carbocycles. The van der Waals surface area contributed by atoms with E-state index in [1.807, 2.05) is 0 Å². The van der Waals surface area contributed by atoms with E-state index in [2.05, 4.69) is 11.8 Å². The molecule has 27 heavy (non-hydrogen) atoms. The first-order valence-corrected chi connectivity index (χ1v) is 8.63. The van der Waals surface area contributed by atoms with E-state index in [0.717, 1.165) is 0 Å². The molecule has 142 valence electrons. The highest BCUT2D eigenvalue weighted by Crippen LogP contribution is 2.28. The minimum atomic E-state index is -0.863. The number of ether oxygens (including phenoxy) is 1. The van der Waals surface area contributed by atoms with Crippen molar-refractivity contribution in [3.63, 3.8) is 0 Å². The van der Waals surface area contributed by atoms with Gasteiger partial charge in [-0.05, 0) is 31.6 Å². The third kappa shape index (κ3) is 5.81. The highest BCUT2D eigenvalue weighted by Gasteiger charge is 2.21. The van der Waals surface area contributed by atoms with Crippen molar-refractivity contribution in [2.75, 3.05) is 6.61 Å². The minimum Gasteiger partial charge on any atom is -0.507 e. The molecule has 1 aliphatic heterocycles. The van der Waals surface area contributed by atoms with Crippen LogP contribution in [0.15, 0.2) is 30.4 Å². The number of ketones is 1. The maximum atomic E-state index is 12.6. The van der Waals surface area contributed by atoms with Gasteiger partial charge in [0.1, 0.15) is 24.0 Å². The monoisotopic (exact) mass is 370 g/mol. The van der Waals surface area contributed by atoms with Crippen molar-refractivity contribution in [1.82, 2.24) is 0 Å². The number of rotatable bonds is 0. The first kappa shape index (κ1) is 20.4. The number of allylic oxidation sites excluding steroid dienone is 1. The van der Waals surface area contributed by atoms with E-state index in [0.29, 0.717) is 17.5 Å². The van der Waals surface area contributed by atoms with Crippen LogP contribution in [0, 0.1) is 11.8 Å². The lowest BCUT2D eigenvalue weighted by molar-refractivity contribution is -0.116. The molecule has 0 unspecified atom stereocenters. The zero-order valence-corrected chi connectivity index (χ0v) is 15.0. The molecule has 0 amide bonds. The largest absolute Gasteiger partial charge is 0.507 e. The molecule has 0 bridgehead atoms. The summed E-state index contributed by atoms with van der Waals surface area (Å²) in [6.45, 7) is 1.32. The van der Waals surface area contributed by atoms with Gasteiger partial charge in [0.15, 0.2) is 5.78 Å². The molecule has 0 fully saturated rings. The van der Waals surface area contributed by atoms with Crippen LogP contribution in [0.1, 0.15) is 47.7 Å². The Labute approximate surface area is 157 Å². The number of aliphatic hydroxyl groups is 2. The third-order valence-electron chi connectivity index (χ3n) is 3.94. The highest BCUT2D eigenvalue weighted by atomic mass is 16.5. The van der Waals surface area contributed by atoms with Gasteiger partial charge in [-0.2, -0.15) is 0 Å². The molecule has 0 saturated carbocycles. The fourth-order valence-electron chi connectivity index (χ4n) is 2.65. The Kier molecular flexibility index (Phi) is 7.35. The number of phenolic OH excluding ortho intramolecular Hbond substituents is 1. The Morgan fingerprint density at radius 2 is 1.93 bits per heavy atom. The molecule has 0 radical (unpaired) electrons. The third-order valence-corrected chi connectivity index (χ3v) is 3.94. The first-order valence-electron chi connectivity index (χ1n) is 8.63. The van der Waals surface area contributed by atoms with Crippen LogP contribution in [0.25, 0.3) is 6.08 Å². The van der Waals surface area contributed by atoms with Gasteiger partial charge in [0.05, 0.1) is 6.10 Å². The van der Waals surface area contributed by atoms with E-state index in [4.69, 9.17) is 9.84 Å². The Hall–Kier alpha value is -2.88. The number of aromatic hydroxyl groups is 1. The molecule has 2 rings (SSSR count). The minimum absolute atomic E-state index is 0.0148. The molecule has 6 heteroatoms. The summed E-state index contributed by atoms with van der Waals surface area (Å²) in [6, 6.07) is 2.88. The summed E-state index contributed by atoms with van der Waals surface area (Å²) in [7, 11) is 0. The molecular weight excluding hydrogens is 348 g/mol. The number of phenols is 1. The fraction of sp³-hybridized carbons (Fsp3) is 0.333. The van der Waals surface area contributed by atoms with Gasteiger partial charge < -0.3 is 20.1 Å². The number of carbonyl (C=O) groups is 2. The maximum Gasteiger partial charge on any atom is 0.342 e. The van der Waals surface area contributed by atoms with Crippen molar-refractivity contribution >= 4 is 17.8 Å². The Morgan fingerprint density at radius 3 is 2.67 bits per heavy atom. The molecule has 1 aliphatic rings. The average molecular weight is 370 g/mol. The van der Waals surface area contributed by atoms with E-state index in [9.17, 15) is 19.8 Å². The number of hydrogen-bond acceptors (Lipinski definition) is 6. The second-order valence-corrected chi connectivity index (χ2v) is 6.20. The summed E-state index contributed by atoms with van der Waals surface area (Å²) in [5, 5.41) is 29.2. The van der Waals surface area contributed by atoms with Crippen molar-refractivity contribution in [2.24, 2.45) is 0 Å². The number of hydrogen-bond donors (Lipinski definition) is 3. The molecule has 0 aromatic heterocycles. The van der Waals surface area contributed by atoms with E-state index >= 15 is 0 Å². The summed E-state index contributed by atoms with van der Waals surface area (Å²) in [6.07, 6.45) is 5.24. The Balaban J connectivity index is 2.52. The zero-order chi connectivity index (χ0) is 19.8. The number of carbonyl (C=O) groups excluding carboxylic acids is 2. The molecule has 2 atom stereocenters. The summed E-state index contributed by atoms with van der Waals surface area (Å²) in [5.41, 5.74) is 0.726. The van der Waals surface area contributed by atoms with E-state index in [1.165, 1.54) is 18.2 Å². The molecule has 1 aromatic carbocycles. The topological polar surface area (TPSA) is 104 Å². The van der Waals surface area contributed by atoms with Crippen molar-refractivity contribution < 1.29 is 29.6 Å². The predicted octanol–water partition coefficient (Wildman–Crippen LogP) is 1.96. The smallest absolute Gasteiger partial charge is 0.342 e. The normalized spacial score (nSPS) is 23.2. The molecule has 0 saturated heterocycles. The van der Waals surface area contributed by atoms with Crippen LogP contribution in [0.5, 0.6) is 5.75 Å². The van der Waals surface area contributed by atoms with Gasteiger partial charge >= 0.3 is 5.97 Å². The van der Waals surface area contributed by atoms with Crippen LogP contribution in [-0.2, 0) is 9.53 Å². The zero-order valence-electron chi connectivity index (χ0n) is 15.0. The van der Waals surface area contributed by atoms with Gasteiger partial charge in [-0.1, -0.05) is 30.1 Å². The van der Waals surface area contributed by atoms with Gasteiger partial charge in [-0.25, -0.2) is 4.79 Å². The van der Waals surface area contributed by atoms with Crippen LogP contribution in [0.2, 0.25) is 0 Å². The molecular formula is C21H22O6. The van der Waals surface area contributed by atoms with Crippen molar-refractivity contribution in [3.8, 4) is 17.6 Å². The Morgan fingerprint density at radius 1 is 1.19 bits per heavy atom. The molecule has 6 nitrogen and oxygen atoms in total. The van der Waals surface area contributed by atoms with Gasteiger partial charge in [0, 0.05) is 24.0 Å². The average Bonchev–Trinajstić information content (AvgIpc) is 2.60. The second-order valence-electron chi connectivity index (χ2n) is 6.20. The van der Waals surface area contributed by atoms with Crippen LogP contribution in [-0.4, -0.2) is 45.9 Å². The number of benzene rings is 1. The van der Waals surface area contributed by atoms with Gasteiger partial charge in [-0.3, -0.25) is 4.79 Å². The fourth-order valence-corrected chi connectivity index (χ4v) is 2.65. The van der Waals surface area contributed by atoms with Gasteiger partial charge in [0.2, 0.25) is 0 Å². The quantitative estimate of drug-likeness (QED) is 0.476. The van der Waals surface area contributed by atoms with E-state index in [-0.39, 0.29) is 36.5 Å². The highest BCUT2D eigenvalue weighted by molar-refractivity contribution is 5.98. The summed E-state index contributed by atoms with van der Waals surface area (Å²) < 4.78 is 5.38. The van der Waals surface area contributed by atoms with Crippen molar-refractivity contribution in [2.45, 2.75) is 38.4 Å². The van der Waals surface area contributed by atoms with Crippen LogP contribution in [0.4, 0.5) is 0 Å². The van der Waals surface area contributed by atoms with E-state index in [1.54, 1.807) is 25.2 Å². The summed E-state index contributed by atoms with van der Waals surface area (Å²) >= 11 is 0. The SMILES string of the molecule is C[C@H]1C/C=C\C(=O)C[C@@H](O)C/C=C/c2c(C#CCO)ccc(O)c2C(=O)O1. The first-order chi connectivity index (χ1) is 12.9. The van der Waals surface area contributed by atoms with Gasteiger partial charge in [-0.15, -0.1) is 0 Å². The Bertz CT molecular complexity index is 825. The lowest BCUT2D eigenvalue weighted by Crippen LogP contribution is -2.16. The number of esters is 1. The maximum absolute atomic E-state index is 12.6. The van der Waals surface area contributed by atoms with Crippen LogP contribution < -0.4 is 0 Å². The van der Waals surface area contributed by atoms with Crippen LogP contribution in [0.3, 0.4) is 0 Å². The van der Waals surface area contributed by atoms with E-state index < -0.39 is 18.2 Å². The summed E-state index contributed by atoms with van der Waals surface area (Å²) in [5.74, 6) is 4.07. The second kappa shape index (κ2) is 9.72. The van der Waals surface area contributed by atoms with Crippen molar-refractivity contribution in [3.05, 3.63) is 47.1 Å². The molecule has 0 spiro atoms. The molecule has 3 N–H and O–H groups in total. The number of cyclic esters (lactones) is 1. The molecule has 1 aromatic rings. The summed E-state index contributed by atoms with van der Waals surface area (Å²) in [4.78, 5) is 24.4. The number of aliphatic hydroxyl groups excluding tert-OH is 2. The van der Waals surface area contributed by atoms with Crippen LogP contribution >= 0.6 is 0 Å². The van der Waals surface area contributed by atoms with Crippen molar-refractivity contribution in [1.29, 1.82) is 0 Å². The molecule has 1 heterocycles. The lowest BCUT2D eigenvalue weighted by Gasteiger charge is -2.15. The standard InChI is InChI=1S/C21H22O6/c1-14-5-2-7-16(23)13-17(24)8-3-9-18-15(6-4-12-22)10-11-19(25)20(18)21(26)27-14/h2-3,7,9-11,14,17,22,24-25H,5,8,12-13H2,1H3/b7-2-,9-3+/t14-,17-/m0/s1. The number of fused-ring (bicyclic) bond motifs is 1.